The third kappa shape index (κ3) is 6.72. The molecule has 44 heavy (non-hydrogen) atoms. The van der Waals surface area contributed by atoms with E-state index in [-0.39, 0.29) is 29.5 Å². The summed E-state index contributed by atoms with van der Waals surface area (Å²) in [6.45, 7) is 2.21. The van der Waals surface area contributed by atoms with Crippen molar-refractivity contribution in [2.75, 3.05) is 19.0 Å². The van der Waals surface area contributed by atoms with Gasteiger partial charge in [0.15, 0.2) is 0 Å². The van der Waals surface area contributed by atoms with Crippen LogP contribution in [0.4, 0.5) is 10.1 Å². The second kappa shape index (κ2) is 13.1. The summed E-state index contributed by atoms with van der Waals surface area (Å²) in [5.41, 5.74) is 4.66. The molecule has 1 amide bonds. The molecule has 0 radical (unpaired) electrons. The number of methoxy groups -OCH3 is 1. The number of carboxylic acid groups (broad SMARTS) is 1. The molecule has 0 saturated carbocycles. The number of aromatic carboxylic acids is 1. The number of carboxylic acids is 1. The molecule has 2 N–H and O–H groups in total. The highest BCUT2D eigenvalue weighted by molar-refractivity contribution is 5.93. The lowest BCUT2D eigenvalue weighted by atomic mass is 10.0. The number of anilines is 1. The fourth-order valence-electron chi connectivity index (χ4n) is 4.78. The number of imidazole rings is 1. The Kier molecular flexibility index (Phi) is 8.93. The van der Waals surface area contributed by atoms with Crippen LogP contribution in [0.15, 0.2) is 72.8 Å². The van der Waals surface area contributed by atoms with Gasteiger partial charge in [-0.05, 0) is 48.0 Å². The fourth-order valence-corrected chi connectivity index (χ4v) is 4.78. The second-order valence-corrected chi connectivity index (χ2v) is 9.98. The Morgan fingerprint density at radius 1 is 1.05 bits per heavy atom. The summed E-state index contributed by atoms with van der Waals surface area (Å²) in [5, 5.41) is 21.3. The van der Waals surface area contributed by atoms with Crippen LogP contribution in [0.1, 0.15) is 39.8 Å². The minimum atomic E-state index is -1.03. The number of nitriles is 1. The number of carbonyl (C=O) groups is 2. The summed E-state index contributed by atoms with van der Waals surface area (Å²) < 4.78 is 27.3. The number of aromatic nitrogens is 3. The number of ether oxygens (including phenoxy) is 2. The van der Waals surface area contributed by atoms with E-state index in [2.05, 4.69) is 10.3 Å². The average Bonchev–Trinajstić information content (AvgIpc) is 3.35. The molecule has 5 rings (SSSR count). The van der Waals surface area contributed by atoms with Gasteiger partial charge in [-0.1, -0.05) is 24.3 Å². The summed E-state index contributed by atoms with van der Waals surface area (Å²) >= 11 is 0. The molecule has 0 bridgehead atoms. The average molecular weight is 594 g/mol. The van der Waals surface area contributed by atoms with E-state index in [0.29, 0.717) is 58.9 Å². The van der Waals surface area contributed by atoms with Gasteiger partial charge in [-0.2, -0.15) is 5.26 Å². The molecule has 5 aromatic rings. The number of fused-ring (bicyclic) bond motifs is 1. The van der Waals surface area contributed by atoms with Crippen molar-refractivity contribution in [2.45, 2.75) is 26.5 Å². The Bertz CT molecular complexity index is 1910. The van der Waals surface area contributed by atoms with Gasteiger partial charge in [0.2, 0.25) is 11.8 Å². The summed E-state index contributed by atoms with van der Waals surface area (Å²) in [6, 6.07) is 21.7. The fraction of sp³-hybridized carbons (Fsp3) is 0.182. The van der Waals surface area contributed by atoms with Crippen LogP contribution in [0.5, 0.6) is 5.88 Å². The zero-order valence-corrected chi connectivity index (χ0v) is 24.0. The number of nitrogens with zero attached hydrogens (tertiary/aromatic N) is 4. The van der Waals surface area contributed by atoms with Gasteiger partial charge in [0.05, 0.1) is 40.5 Å². The van der Waals surface area contributed by atoms with E-state index in [1.54, 1.807) is 37.4 Å². The molecule has 0 aliphatic heterocycles. The highest BCUT2D eigenvalue weighted by atomic mass is 19.1. The molecule has 3 aromatic carbocycles. The van der Waals surface area contributed by atoms with Gasteiger partial charge in [-0.15, -0.1) is 0 Å². The number of rotatable bonds is 11. The Morgan fingerprint density at radius 2 is 1.86 bits per heavy atom. The molecule has 2 aromatic heterocycles. The molecule has 10 nitrogen and oxygen atoms in total. The maximum atomic E-state index is 14.3. The molecule has 0 atom stereocenters. The van der Waals surface area contributed by atoms with Gasteiger partial charge in [0, 0.05) is 49.9 Å². The molecule has 2 heterocycles. The standard InChI is InChI=1S/C33H28FN5O5/c1-20(40)36-29-15-22(27-4-3-5-32(38-27)44-19-25-7-6-21(18-35)14-26(25)34)8-9-23(29)17-31-37-28-11-10-24(33(41)42)16-30(28)39(31)12-13-43-2/h3-11,14-16H,12-13,17,19H2,1-2H3,(H,36,40)(H,41,42). The molecular formula is C33H28FN5O5. The quantitative estimate of drug-likeness (QED) is 0.202. The van der Waals surface area contributed by atoms with E-state index in [1.807, 2.05) is 28.8 Å². The molecule has 0 unspecified atom stereocenters. The van der Waals surface area contributed by atoms with E-state index in [1.165, 1.54) is 25.1 Å². The molecule has 11 heteroatoms. The predicted octanol–water partition coefficient (Wildman–Crippen LogP) is 5.58. The first-order valence-corrected chi connectivity index (χ1v) is 13.7. The van der Waals surface area contributed by atoms with Crippen LogP contribution in [-0.2, 0) is 29.1 Å². The third-order valence-corrected chi connectivity index (χ3v) is 6.94. The van der Waals surface area contributed by atoms with Crippen molar-refractivity contribution < 1.29 is 28.6 Å². The van der Waals surface area contributed by atoms with Crippen molar-refractivity contribution in [3.05, 3.63) is 107 Å². The number of hydrogen-bond donors (Lipinski definition) is 2. The van der Waals surface area contributed by atoms with Gasteiger partial charge in [-0.25, -0.2) is 19.2 Å². The second-order valence-electron chi connectivity index (χ2n) is 9.98. The summed E-state index contributed by atoms with van der Waals surface area (Å²) in [4.78, 5) is 33.1. The number of pyridine rings is 1. The summed E-state index contributed by atoms with van der Waals surface area (Å²) in [6.07, 6.45) is 0.351. The number of amides is 1. The molecule has 222 valence electrons. The van der Waals surface area contributed by atoms with E-state index in [4.69, 9.17) is 19.7 Å². The first kappa shape index (κ1) is 29.9. The van der Waals surface area contributed by atoms with E-state index in [0.717, 1.165) is 11.6 Å². The van der Waals surface area contributed by atoms with Gasteiger partial charge in [-0.3, -0.25) is 4.79 Å². The van der Waals surface area contributed by atoms with Crippen LogP contribution in [0.25, 0.3) is 22.3 Å². The SMILES string of the molecule is COCCn1c(Cc2ccc(-c3cccc(OCc4ccc(C#N)cc4F)n3)cc2NC(C)=O)nc2ccc(C(=O)O)cc21. The van der Waals surface area contributed by atoms with Crippen molar-refractivity contribution in [3.8, 4) is 23.2 Å². The van der Waals surface area contributed by atoms with Crippen LogP contribution in [0.2, 0.25) is 0 Å². The number of halogens is 1. The Hall–Kier alpha value is -5.60. The molecule has 0 spiro atoms. The maximum Gasteiger partial charge on any atom is 0.335 e. The normalized spacial score (nSPS) is 10.9. The first-order chi connectivity index (χ1) is 21.2. The number of benzene rings is 3. The Morgan fingerprint density at radius 3 is 2.59 bits per heavy atom. The number of nitrogens with one attached hydrogen (secondary N) is 1. The van der Waals surface area contributed by atoms with Crippen LogP contribution in [0.3, 0.4) is 0 Å². The van der Waals surface area contributed by atoms with Crippen molar-refractivity contribution in [2.24, 2.45) is 0 Å². The highest BCUT2D eigenvalue weighted by Crippen LogP contribution is 2.29. The van der Waals surface area contributed by atoms with Crippen molar-refractivity contribution in [1.29, 1.82) is 5.26 Å². The minimum absolute atomic E-state index is 0.0674. The van der Waals surface area contributed by atoms with E-state index < -0.39 is 11.8 Å². The van der Waals surface area contributed by atoms with Gasteiger partial charge in [0.25, 0.3) is 0 Å². The van der Waals surface area contributed by atoms with E-state index >= 15 is 0 Å². The van der Waals surface area contributed by atoms with Crippen molar-refractivity contribution in [1.82, 2.24) is 14.5 Å². The maximum absolute atomic E-state index is 14.3. The summed E-state index contributed by atoms with van der Waals surface area (Å²) in [7, 11) is 1.59. The third-order valence-electron chi connectivity index (χ3n) is 6.94. The zero-order chi connectivity index (χ0) is 31.2. The largest absolute Gasteiger partial charge is 0.478 e. The van der Waals surface area contributed by atoms with Gasteiger partial charge < -0.3 is 24.5 Å². The molecule has 0 aliphatic carbocycles. The van der Waals surface area contributed by atoms with E-state index in [9.17, 15) is 19.1 Å². The minimum Gasteiger partial charge on any atom is -0.478 e. The smallest absolute Gasteiger partial charge is 0.335 e. The van der Waals surface area contributed by atoms with Gasteiger partial charge in [0.1, 0.15) is 18.2 Å². The molecule has 0 saturated heterocycles. The Labute approximate surface area is 252 Å². The monoisotopic (exact) mass is 593 g/mol. The number of carbonyl (C=O) groups excluding carboxylic acids is 1. The lowest BCUT2D eigenvalue weighted by Gasteiger charge is -2.14. The van der Waals surface area contributed by atoms with Gasteiger partial charge >= 0.3 is 5.97 Å². The predicted molar refractivity (Wildman–Crippen MR) is 161 cm³/mol. The lowest BCUT2D eigenvalue weighted by molar-refractivity contribution is -0.114. The van der Waals surface area contributed by atoms with Crippen molar-refractivity contribution in [3.63, 3.8) is 0 Å². The van der Waals surface area contributed by atoms with Crippen LogP contribution in [-0.4, -0.2) is 45.2 Å². The highest BCUT2D eigenvalue weighted by Gasteiger charge is 2.17. The molecule has 0 aliphatic rings. The topological polar surface area (TPSA) is 139 Å². The molecule has 0 fully saturated rings. The lowest BCUT2D eigenvalue weighted by Crippen LogP contribution is -2.12. The van der Waals surface area contributed by atoms with Crippen LogP contribution < -0.4 is 10.1 Å². The zero-order valence-electron chi connectivity index (χ0n) is 24.0. The Balaban J connectivity index is 1.44. The summed E-state index contributed by atoms with van der Waals surface area (Å²) in [5.74, 6) is -0.849. The van der Waals surface area contributed by atoms with Crippen LogP contribution in [0, 0.1) is 17.1 Å². The van der Waals surface area contributed by atoms with Crippen LogP contribution >= 0.6 is 0 Å². The van der Waals surface area contributed by atoms with Crippen molar-refractivity contribution >= 4 is 28.6 Å². The molecular weight excluding hydrogens is 565 g/mol. The first-order valence-electron chi connectivity index (χ1n) is 13.7. The number of hydrogen-bond acceptors (Lipinski definition) is 7.